The fourth-order valence-corrected chi connectivity index (χ4v) is 6.43. The van der Waals surface area contributed by atoms with Crippen LogP contribution in [0.25, 0.3) is 0 Å². The van der Waals surface area contributed by atoms with Gasteiger partial charge in [0.05, 0.1) is 38.1 Å². The zero-order valence-electron chi connectivity index (χ0n) is 16.7. The number of aliphatic hydroxyl groups excluding tert-OH is 2. The molecule has 6 nitrogen and oxygen atoms in total. The van der Waals surface area contributed by atoms with Gasteiger partial charge in [0, 0.05) is 39.3 Å². The number of nitrogens with zero attached hydrogens (tertiary/aromatic N) is 2. The molecule has 1 saturated heterocycles. The van der Waals surface area contributed by atoms with Gasteiger partial charge in [-0.05, 0) is 56.3 Å². The Balaban J connectivity index is 1.07. The van der Waals surface area contributed by atoms with Crippen molar-refractivity contribution in [3.63, 3.8) is 0 Å². The van der Waals surface area contributed by atoms with Crippen LogP contribution in [0, 0.1) is 17.8 Å². The van der Waals surface area contributed by atoms with Crippen molar-refractivity contribution in [2.24, 2.45) is 17.8 Å². The minimum Gasteiger partial charge on any atom is -0.395 e. The minimum absolute atomic E-state index is 0.158. The molecular weight excluding hydrogens is 344 g/mol. The summed E-state index contributed by atoms with van der Waals surface area (Å²) < 4.78 is 12.1. The highest BCUT2D eigenvalue weighted by molar-refractivity contribution is 5.03. The van der Waals surface area contributed by atoms with E-state index < -0.39 is 6.10 Å². The second-order valence-corrected chi connectivity index (χ2v) is 9.54. The summed E-state index contributed by atoms with van der Waals surface area (Å²) in [5, 5.41) is 19.2. The van der Waals surface area contributed by atoms with Gasteiger partial charge in [0.1, 0.15) is 0 Å². The van der Waals surface area contributed by atoms with Crippen LogP contribution in [0.3, 0.4) is 0 Å². The first-order valence-corrected chi connectivity index (χ1v) is 11.1. The third-order valence-corrected chi connectivity index (χ3v) is 7.28. The van der Waals surface area contributed by atoms with Crippen molar-refractivity contribution in [3.05, 3.63) is 0 Å². The second kappa shape index (κ2) is 9.06. The second-order valence-electron chi connectivity index (χ2n) is 9.54. The standard InChI is InChI=1S/C21H38N2O4/c24-6-5-22-1-3-23(4-2-22)15-20(25)16-26-7-8-27-21-12-17-9-18(13-21)11-19(10-17)14-21/h17-20,24-25H,1-16H2. The lowest BCUT2D eigenvalue weighted by molar-refractivity contribution is -0.170. The van der Waals surface area contributed by atoms with Crippen molar-refractivity contribution >= 4 is 0 Å². The van der Waals surface area contributed by atoms with E-state index >= 15 is 0 Å². The van der Waals surface area contributed by atoms with E-state index in [4.69, 9.17) is 14.6 Å². The van der Waals surface area contributed by atoms with Gasteiger partial charge in [-0.15, -0.1) is 0 Å². The molecular formula is C21H38N2O4. The van der Waals surface area contributed by atoms with Crippen LogP contribution < -0.4 is 0 Å². The summed E-state index contributed by atoms with van der Waals surface area (Å²) in [5.41, 5.74) is 0.158. The van der Waals surface area contributed by atoms with Crippen LogP contribution in [0.15, 0.2) is 0 Å². The molecule has 2 N–H and O–H groups in total. The number of β-amino-alcohol motifs (C(OH)–C–C–N with tert-alkyl or cyclic N) is 2. The van der Waals surface area contributed by atoms with E-state index in [1.807, 2.05) is 0 Å². The fourth-order valence-electron chi connectivity index (χ4n) is 6.43. The lowest BCUT2D eigenvalue weighted by Gasteiger charge is -2.56. The van der Waals surface area contributed by atoms with Crippen LogP contribution in [0.2, 0.25) is 0 Å². The molecule has 5 aliphatic rings. The first kappa shape index (κ1) is 20.0. The molecule has 6 heteroatoms. The van der Waals surface area contributed by atoms with Crippen molar-refractivity contribution in [1.82, 2.24) is 9.80 Å². The summed E-state index contributed by atoms with van der Waals surface area (Å²) in [4.78, 5) is 4.55. The molecule has 0 aromatic heterocycles. The molecule has 4 bridgehead atoms. The molecule has 156 valence electrons. The van der Waals surface area contributed by atoms with E-state index in [0.717, 1.165) is 50.5 Å². The molecule has 4 aliphatic carbocycles. The van der Waals surface area contributed by atoms with E-state index in [2.05, 4.69) is 9.80 Å². The molecule has 1 aliphatic heterocycles. The maximum Gasteiger partial charge on any atom is 0.0900 e. The number of hydrogen-bond donors (Lipinski definition) is 2. The zero-order valence-corrected chi connectivity index (χ0v) is 16.7. The molecule has 0 spiro atoms. The number of ether oxygens (including phenoxy) is 2. The zero-order chi connectivity index (χ0) is 18.7. The normalized spacial score (nSPS) is 37.8. The molecule has 5 rings (SSSR count). The van der Waals surface area contributed by atoms with E-state index in [-0.39, 0.29) is 12.2 Å². The number of piperazine rings is 1. The lowest BCUT2D eigenvalue weighted by atomic mass is 9.54. The van der Waals surface area contributed by atoms with Crippen molar-refractivity contribution in [2.75, 3.05) is 65.7 Å². The Bertz CT molecular complexity index is 432. The Morgan fingerprint density at radius 1 is 0.889 bits per heavy atom. The molecule has 1 atom stereocenters. The van der Waals surface area contributed by atoms with E-state index in [1.165, 1.54) is 38.5 Å². The van der Waals surface area contributed by atoms with Crippen LogP contribution >= 0.6 is 0 Å². The first-order valence-electron chi connectivity index (χ1n) is 11.1. The number of rotatable bonds is 10. The Labute approximate surface area is 163 Å². The van der Waals surface area contributed by atoms with Crippen LogP contribution in [-0.2, 0) is 9.47 Å². The molecule has 5 fully saturated rings. The SMILES string of the molecule is OCCN1CCN(CC(O)COCCOC23CC4CC(CC(C4)C2)C3)CC1. The topological polar surface area (TPSA) is 65.4 Å². The van der Waals surface area contributed by atoms with Gasteiger partial charge in [0.2, 0.25) is 0 Å². The van der Waals surface area contributed by atoms with Gasteiger partial charge in [-0.1, -0.05) is 0 Å². The van der Waals surface area contributed by atoms with Gasteiger partial charge in [-0.2, -0.15) is 0 Å². The quantitative estimate of drug-likeness (QED) is 0.549. The Hall–Kier alpha value is -0.240. The maximum absolute atomic E-state index is 10.2. The van der Waals surface area contributed by atoms with E-state index in [1.54, 1.807) is 0 Å². The van der Waals surface area contributed by atoms with Gasteiger partial charge in [0.25, 0.3) is 0 Å². The predicted molar refractivity (Wildman–Crippen MR) is 104 cm³/mol. The van der Waals surface area contributed by atoms with Crippen LogP contribution in [0.5, 0.6) is 0 Å². The monoisotopic (exact) mass is 382 g/mol. The molecule has 27 heavy (non-hydrogen) atoms. The van der Waals surface area contributed by atoms with Gasteiger partial charge in [-0.3, -0.25) is 9.80 Å². The molecule has 0 aromatic carbocycles. The summed E-state index contributed by atoms with van der Waals surface area (Å²) in [6.07, 6.45) is 7.70. The van der Waals surface area contributed by atoms with E-state index in [0.29, 0.717) is 26.4 Å². The van der Waals surface area contributed by atoms with Crippen LogP contribution in [0.1, 0.15) is 38.5 Å². The smallest absolute Gasteiger partial charge is 0.0900 e. The molecule has 1 unspecified atom stereocenters. The minimum atomic E-state index is -0.436. The first-order chi connectivity index (χ1) is 13.1. The summed E-state index contributed by atoms with van der Waals surface area (Å²) in [6, 6.07) is 0. The highest BCUT2D eigenvalue weighted by Crippen LogP contribution is 2.57. The third kappa shape index (κ3) is 5.22. The van der Waals surface area contributed by atoms with Gasteiger partial charge in [-0.25, -0.2) is 0 Å². The van der Waals surface area contributed by atoms with Crippen molar-refractivity contribution in [3.8, 4) is 0 Å². The molecule has 1 heterocycles. The number of aliphatic hydroxyl groups is 2. The number of hydrogen-bond acceptors (Lipinski definition) is 6. The fraction of sp³-hybridized carbons (Fsp3) is 1.00. The van der Waals surface area contributed by atoms with Crippen molar-refractivity contribution in [1.29, 1.82) is 0 Å². The Morgan fingerprint density at radius 2 is 1.48 bits per heavy atom. The maximum atomic E-state index is 10.2. The molecule has 0 radical (unpaired) electrons. The predicted octanol–water partition coefficient (Wildman–Crippen LogP) is 0.959. The van der Waals surface area contributed by atoms with Crippen LogP contribution in [-0.4, -0.2) is 97.4 Å². The summed E-state index contributed by atoms with van der Waals surface area (Å²) in [5.74, 6) is 2.74. The van der Waals surface area contributed by atoms with E-state index in [9.17, 15) is 5.11 Å². The largest absolute Gasteiger partial charge is 0.395 e. The summed E-state index contributed by atoms with van der Waals surface area (Å²) in [6.45, 7) is 7.12. The summed E-state index contributed by atoms with van der Waals surface area (Å²) in [7, 11) is 0. The average molecular weight is 383 g/mol. The summed E-state index contributed by atoms with van der Waals surface area (Å²) >= 11 is 0. The van der Waals surface area contributed by atoms with Crippen molar-refractivity contribution < 1.29 is 19.7 Å². The van der Waals surface area contributed by atoms with Gasteiger partial charge >= 0.3 is 0 Å². The average Bonchev–Trinajstić information content (AvgIpc) is 2.62. The van der Waals surface area contributed by atoms with Gasteiger partial charge in [0.15, 0.2) is 0 Å². The van der Waals surface area contributed by atoms with Crippen LogP contribution in [0.4, 0.5) is 0 Å². The Morgan fingerprint density at radius 3 is 2.07 bits per heavy atom. The van der Waals surface area contributed by atoms with Crippen molar-refractivity contribution in [2.45, 2.75) is 50.2 Å². The molecule has 0 aromatic rings. The third-order valence-electron chi connectivity index (χ3n) is 7.28. The highest BCUT2D eigenvalue weighted by Gasteiger charge is 2.51. The van der Waals surface area contributed by atoms with Gasteiger partial charge < -0.3 is 19.7 Å². The highest BCUT2D eigenvalue weighted by atomic mass is 16.5. The lowest BCUT2D eigenvalue weighted by Crippen LogP contribution is -2.52. The Kier molecular flexibility index (Phi) is 6.72. The molecule has 0 amide bonds. The molecule has 4 saturated carbocycles.